The maximum Gasteiger partial charge on any atom is 0.337 e. The number of nitrogens with zero attached hydrogens (tertiary/aromatic N) is 2. The summed E-state index contributed by atoms with van der Waals surface area (Å²) in [4.78, 5) is 24.2. The van der Waals surface area contributed by atoms with Crippen LogP contribution in [0.15, 0.2) is 40.8 Å². The van der Waals surface area contributed by atoms with Crippen LogP contribution in [0.1, 0.15) is 20.7 Å². The fraction of sp³-hybridized carbons (Fsp3) is 0.0667. The Labute approximate surface area is 145 Å². The van der Waals surface area contributed by atoms with E-state index in [1.165, 1.54) is 42.7 Å². The molecule has 0 aliphatic rings. The molecule has 2 heterocycles. The van der Waals surface area contributed by atoms with Gasteiger partial charge in [0.15, 0.2) is 0 Å². The van der Waals surface area contributed by atoms with Crippen molar-refractivity contribution in [3.8, 4) is 10.8 Å². The molecule has 0 radical (unpaired) electrons. The number of esters is 1. The number of aromatic nitrogens is 2. The summed E-state index contributed by atoms with van der Waals surface area (Å²) >= 11 is 7.14. The number of rotatable bonds is 4. The smallest absolute Gasteiger partial charge is 0.337 e. The number of ether oxygens (including phenoxy) is 1. The topological polar surface area (TPSA) is 94.3 Å². The van der Waals surface area contributed by atoms with E-state index in [2.05, 4.69) is 20.3 Å². The zero-order valence-corrected chi connectivity index (χ0v) is 13.9. The first-order valence-electron chi connectivity index (χ1n) is 6.66. The molecule has 3 aromatic rings. The first kappa shape index (κ1) is 16.2. The molecule has 122 valence electrons. The van der Waals surface area contributed by atoms with E-state index in [1.807, 2.05) is 0 Å². The fourth-order valence-electron chi connectivity index (χ4n) is 1.85. The molecule has 24 heavy (non-hydrogen) atoms. The summed E-state index contributed by atoms with van der Waals surface area (Å²) in [7, 11) is 1.29. The lowest BCUT2D eigenvalue weighted by Crippen LogP contribution is -2.12. The van der Waals surface area contributed by atoms with Crippen molar-refractivity contribution in [2.45, 2.75) is 0 Å². The van der Waals surface area contributed by atoms with Crippen molar-refractivity contribution in [2.24, 2.45) is 0 Å². The molecule has 0 unspecified atom stereocenters. The van der Waals surface area contributed by atoms with Crippen molar-refractivity contribution in [3.63, 3.8) is 0 Å². The lowest BCUT2D eigenvalue weighted by Gasteiger charge is -2.02. The number of thiophene rings is 1. The van der Waals surface area contributed by atoms with Gasteiger partial charge in [-0.3, -0.25) is 10.1 Å². The highest BCUT2D eigenvalue weighted by atomic mass is 35.5. The largest absolute Gasteiger partial charge is 0.465 e. The van der Waals surface area contributed by atoms with Crippen LogP contribution in [0.25, 0.3) is 10.8 Å². The molecule has 2 aromatic heterocycles. The number of carbonyl (C=O) groups is 2. The van der Waals surface area contributed by atoms with E-state index in [1.54, 1.807) is 12.1 Å². The molecule has 0 atom stereocenters. The number of benzene rings is 1. The van der Waals surface area contributed by atoms with E-state index in [4.69, 9.17) is 16.0 Å². The molecule has 1 aromatic carbocycles. The first-order valence-corrected chi connectivity index (χ1v) is 7.85. The van der Waals surface area contributed by atoms with Gasteiger partial charge in [0, 0.05) is 5.56 Å². The first-order chi connectivity index (χ1) is 11.6. The molecule has 3 rings (SSSR count). The number of nitrogens with one attached hydrogen (secondary N) is 1. The van der Waals surface area contributed by atoms with Crippen LogP contribution in [0, 0.1) is 0 Å². The number of anilines is 1. The van der Waals surface area contributed by atoms with Gasteiger partial charge < -0.3 is 9.15 Å². The van der Waals surface area contributed by atoms with Gasteiger partial charge in [-0.1, -0.05) is 16.7 Å². The Kier molecular flexibility index (Phi) is 4.59. The molecule has 0 spiro atoms. The maximum absolute atomic E-state index is 12.1. The number of halogens is 1. The zero-order valence-electron chi connectivity index (χ0n) is 12.3. The van der Waals surface area contributed by atoms with Crippen LogP contribution in [0.4, 0.5) is 6.01 Å². The summed E-state index contributed by atoms with van der Waals surface area (Å²) in [6.45, 7) is 0. The van der Waals surface area contributed by atoms with E-state index < -0.39 is 11.9 Å². The van der Waals surface area contributed by atoms with Crippen molar-refractivity contribution in [3.05, 3.63) is 51.9 Å². The normalized spacial score (nSPS) is 10.4. The Morgan fingerprint density at radius 1 is 1.12 bits per heavy atom. The monoisotopic (exact) mass is 363 g/mol. The van der Waals surface area contributed by atoms with Crippen LogP contribution >= 0.6 is 22.9 Å². The molecule has 1 N–H and O–H groups in total. The third kappa shape index (κ3) is 3.44. The lowest BCUT2D eigenvalue weighted by molar-refractivity contribution is 0.0600. The summed E-state index contributed by atoms with van der Waals surface area (Å²) in [5.41, 5.74) is 0.685. The average molecular weight is 364 g/mol. The molecule has 0 saturated heterocycles. The van der Waals surface area contributed by atoms with Crippen LogP contribution < -0.4 is 5.32 Å². The molecule has 1 amide bonds. The third-order valence-corrected chi connectivity index (χ3v) is 4.22. The second kappa shape index (κ2) is 6.81. The number of carbonyl (C=O) groups excluding carboxylic acids is 2. The summed E-state index contributed by atoms with van der Waals surface area (Å²) in [6.07, 6.45) is 0. The van der Waals surface area contributed by atoms with Crippen molar-refractivity contribution in [1.29, 1.82) is 0 Å². The second-order valence-electron chi connectivity index (χ2n) is 4.54. The van der Waals surface area contributed by atoms with Gasteiger partial charge in [0.2, 0.25) is 0 Å². The number of hydrogen-bond acceptors (Lipinski definition) is 7. The fourth-order valence-corrected chi connectivity index (χ4v) is 2.81. The van der Waals surface area contributed by atoms with Crippen LogP contribution in [0.2, 0.25) is 4.34 Å². The molecule has 0 aliphatic heterocycles. The van der Waals surface area contributed by atoms with E-state index in [9.17, 15) is 9.59 Å². The number of hydrogen-bond donors (Lipinski definition) is 1. The standard InChI is InChI=1S/C15H10ClN3O4S/c1-22-14(21)9-4-2-8(3-5-9)12(20)17-15-19-18-13(23-15)10-6-7-11(16)24-10/h2-7H,1H3,(H,17,19,20). The van der Waals surface area contributed by atoms with Crippen LogP contribution in [-0.4, -0.2) is 29.2 Å². The summed E-state index contributed by atoms with van der Waals surface area (Å²) in [5, 5.41) is 10.1. The molecular formula is C15H10ClN3O4S. The Bertz CT molecular complexity index is 888. The van der Waals surface area contributed by atoms with Gasteiger partial charge >= 0.3 is 12.0 Å². The second-order valence-corrected chi connectivity index (χ2v) is 6.25. The predicted octanol–water partition coefficient (Wildman–Crippen LogP) is 3.49. The minimum Gasteiger partial charge on any atom is -0.465 e. The molecular weight excluding hydrogens is 354 g/mol. The SMILES string of the molecule is COC(=O)c1ccc(C(=O)Nc2nnc(-c3ccc(Cl)s3)o2)cc1. The van der Waals surface area contributed by atoms with Crippen LogP contribution in [0.3, 0.4) is 0 Å². The van der Waals surface area contributed by atoms with Crippen molar-refractivity contribution in [2.75, 3.05) is 12.4 Å². The van der Waals surface area contributed by atoms with Crippen molar-refractivity contribution < 1.29 is 18.7 Å². The van der Waals surface area contributed by atoms with Crippen LogP contribution in [0.5, 0.6) is 0 Å². The lowest BCUT2D eigenvalue weighted by atomic mass is 10.1. The summed E-state index contributed by atoms with van der Waals surface area (Å²) < 4.78 is 10.6. The van der Waals surface area contributed by atoms with Crippen molar-refractivity contribution in [1.82, 2.24) is 10.2 Å². The highest BCUT2D eigenvalue weighted by Crippen LogP contribution is 2.30. The highest BCUT2D eigenvalue weighted by molar-refractivity contribution is 7.19. The minimum atomic E-state index is -0.474. The Hall–Kier alpha value is -2.71. The zero-order chi connectivity index (χ0) is 17.1. The van der Waals surface area contributed by atoms with E-state index >= 15 is 0 Å². The number of amides is 1. The molecule has 0 bridgehead atoms. The number of methoxy groups -OCH3 is 1. The highest BCUT2D eigenvalue weighted by Gasteiger charge is 2.14. The molecule has 0 saturated carbocycles. The van der Waals surface area contributed by atoms with Gasteiger partial charge in [-0.2, -0.15) is 0 Å². The molecule has 0 aliphatic carbocycles. The van der Waals surface area contributed by atoms with Gasteiger partial charge in [-0.05, 0) is 36.4 Å². The van der Waals surface area contributed by atoms with E-state index in [0.717, 1.165) is 0 Å². The summed E-state index contributed by atoms with van der Waals surface area (Å²) in [6, 6.07) is 9.42. The quantitative estimate of drug-likeness (QED) is 0.713. The molecule has 9 heteroatoms. The van der Waals surface area contributed by atoms with E-state index in [-0.39, 0.29) is 11.9 Å². The predicted molar refractivity (Wildman–Crippen MR) is 88.4 cm³/mol. The summed E-state index contributed by atoms with van der Waals surface area (Å²) in [5.74, 6) is -0.646. The Balaban J connectivity index is 1.71. The molecule has 0 fully saturated rings. The van der Waals surface area contributed by atoms with Crippen molar-refractivity contribution >= 4 is 40.8 Å². The Morgan fingerprint density at radius 3 is 2.46 bits per heavy atom. The maximum atomic E-state index is 12.1. The molecule has 7 nitrogen and oxygen atoms in total. The third-order valence-electron chi connectivity index (χ3n) is 3.00. The van der Waals surface area contributed by atoms with E-state index in [0.29, 0.717) is 20.3 Å². The minimum absolute atomic E-state index is 0.0310. The van der Waals surface area contributed by atoms with Crippen LogP contribution in [-0.2, 0) is 4.74 Å². The Morgan fingerprint density at radius 2 is 1.83 bits per heavy atom. The van der Waals surface area contributed by atoms with Gasteiger partial charge in [-0.15, -0.1) is 16.4 Å². The average Bonchev–Trinajstić information content (AvgIpc) is 3.23. The van der Waals surface area contributed by atoms with Gasteiger partial charge in [-0.25, -0.2) is 4.79 Å². The van der Waals surface area contributed by atoms with Gasteiger partial charge in [0.25, 0.3) is 11.8 Å². The van der Waals surface area contributed by atoms with Gasteiger partial charge in [0.05, 0.1) is 21.9 Å². The van der Waals surface area contributed by atoms with Gasteiger partial charge in [0.1, 0.15) is 0 Å².